The third-order valence-corrected chi connectivity index (χ3v) is 1.63. The van der Waals surface area contributed by atoms with E-state index in [0.717, 1.165) is 0 Å². The van der Waals surface area contributed by atoms with E-state index in [0.29, 0.717) is 0 Å². The van der Waals surface area contributed by atoms with E-state index >= 15 is 0 Å². The third kappa shape index (κ3) is 1.70. The normalized spacial score (nSPS) is 10.4. The van der Waals surface area contributed by atoms with Crippen molar-refractivity contribution in [2.24, 2.45) is 0 Å². The summed E-state index contributed by atoms with van der Waals surface area (Å²) >= 11 is 0. The fourth-order valence-electron chi connectivity index (χ4n) is 0.915. The Morgan fingerprint density at radius 3 is 1.62 bits per heavy atom. The molecule has 0 spiro atoms. The molecule has 0 aliphatic rings. The zero-order chi connectivity index (χ0) is 12.6. The maximum atomic E-state index is 12.8. The SMILES string of the molecule is Oc1c(F)c(F)c(F)c(F)c1C(F)=C(F)F. The lowest BCUT2D eigenvalue weighted by molar-refractivity contribution is 0.357. The van der Waals surface area contributed by atoms with Gasteiger partial charge in [0.15, 0.2) is 17.4 Å². The first-order valence-corrected chi connectivity index (χ1v) is 3.55. The fourth-order valence-corrected chi connectivity index (χ4v) is 0.915. The predicted molar refractivity (Wildman–Crippen MR) is 38.2 cm³/mol. The molecule has 0 bridgehead atoms. The topological polar surface area (TPSA) is 20.2 Å². The van der Waals surface area contributed by atoms with Crippen LogP contribution in [0.25, 0.3) is 5.83 Å². The number of halogens is 7. The smallest absolute Gasteiger partial charge is 0.306 e. The monoisotopic (exact) mass is 246 g/mol. The van der Waals surface area contributed by atoms with Gasteiger partial charge in [0.25, 0.3) is 0 Å². The van der Waals surface area contributed by atoms with E-state index in [2.05, 4.69) is 0 Å². The largest absolute Gasteiger partial charge is 0.504 e. The molecule has 0 saturated carbocycles. The van der Waals surface area contributed by atoms with Gasteiger partial charge >= 0.3 is 6.08 Å². The van der Waals surface area contributed by atoms with Crippen LogP contribution in [0.1, 0.15) is 5.56 Å². The highest BCUT2D eigenvalue weighted by atomic mass is 19.3. The fraction of sp³-hybridized carbons (Fsp3) is 0. The number of benzene rings is 1. The van der Waals surface area contributed by atoms with Gasteiger partial charge in [-0.15, -0.1) is 0 Å². The molecule has 0 aromatic heterocycles. The molecule has 0 amide bonds. The quantitative estimate of drug-likeness (QED) is 0.457. The van der Waals surface area contributed by atoms with Crippen molar-refractivity contribution in [3.63, 3.8) is 0 Å². The molecule has 1 aromatic carbocycles. The maximum Gasteiger partial charge on any atom is 0.306 e. The van der Waals surface area contributed by atoms with E-state index in [1.54, 1.807) is 0 Å². The lowest BCUT2D eigenvalue weighted by Crippen LogP contribution is -2.01. The van der Waals surface area contributed by atoms with Crippen molar-refractivity contribution in [1.82, 2.24) is 0 Å². The van der Waals surface area contributed by atoms with Crippen molar-refractivity contribution in [3.05, 3.63) is 34.9 Å². The Morgan fingerprint density at radius 1 is 0.750 bits per heavy atom. The third-order valence-electron chi connectivity index (χ3n) is 1.63. The van der Waals surface area contributed by atoms with Crippen molar-refractivity contribution in [2.45, 2.75) is 0 Å². The Labute approximate surface area is 83.4 Å². The number of phenolic OH excluding ortho intramolecular Hbond substituents is 1. The Balaban J connectivity index is 3.72. The summed E-state index contributed by atoms with van der Waals surface area (Å²) in [6, 6.07) is 0. The van der Waals surface area contributed by atoms with Crippen LogP contribution in [-0.4, -0.2) is 5.11 Å². The first kappa shape index (κ1) is 12.3. The van der Waals surface area contributed by atoms with Gasteiger partial charge in [0, 0.05) is 0 Å². The van der Waals surface area contributed by atoms with E-state index in [1.165, 1.54) is 0 Å². The van der Waals surface area contributed by atoms with Gasteiger partial charge in [0.05, 0.1) is 5.56 Å². The van der Waals surface area contributed by atoms with Gasteiger partial charge in [0.2, 0.25) is 17.5 Å². The van der Waals surface area contributed by atoms with E-state index in [4.69, 9.17) is 5.11 Å². The van der Waals surface area contributed by atoms with Crippen LogP contribution >= 0.6 is 0 Å². The molecule has 0 unspecified atom stereocenters. The maximum absolute atomic E-state index is 12.8. The predicted octanol–water partition coefficient (Wildman–Crippen LogP) is 3.48. The van der Waals surface area contributed by atoms with Crippen molar-refractivity contribution < 1.29 is 35.8 Å². The summed E-state index contributed by atoms with van der Waals surface area (Å²) in [5, 5.41) is 8.67. The van der Waals surface area contributed by atoms with E-state index in [-0.39, 0.29) is 0 Å². The minimum Gasteiger partial charge on any atom is -0.504 e. The van der Waals surface area contributed by atoms with Crippen LogP contribution in [0.3, 0.4) is 0 Å². The Morgan fingerprint density at radius 2 is 1.19 bits per heavy atom. The average molecular weight is 246 g/mol. The Bertz CT molecular complexity index is 447. The summed E-state index contributed by atoms with van der Waals surface area (Å²) in [5.41, 5.74) is -2.06. The summed E-state index contributed by atoms with van der Waals surface area (Å²) in [6.07, 6.45) is -3.11. The van der Waals surface area contributed by atoms with Crippen molar-refractivity contribution in [2.75, 3.05) is 0 Å². The van der Waals surface area contributed by atoms with E-state index in [9.17, 15) is 30.7 Å². The zero-order valence-corrected chi connectivity index (χ0v) is 7.09. The lowest BCUT2D eigenvalue weighted by Gasteiger charge is -2.06. The highest BCUT2D eigenvalue weighted by Gasteiger charge is 2.29. The van der Waals surface area contributed by atoms with Crippen LogP contribution < -0.4 is 0 Å². The second kappa shape index (κ2) is 4.03. The molecule has 0 radical (unpaired) electrons. The van der Waals surface area contributed by atoms with Gasteiger partial charge in [-0.3, -0.25) is 0 Å². The molecule has 0 heterocycles. The minimum absolute atomic E-state index is 2.06. The highest BCUT2D eigenvalue weighted by molar-refractivity contribution is 5.66. The highest BCUT2D eigenvalue weighted by Crippen LogP contribution is 2.36. The molecule has 8 heteroatoms. The lowest BCUT2D eigenvalue weighted by atomic mass is 10.1. The molecular weight excluding hydrogens is 245 g/mol. The zero-order valence-electron chi connectivity index (χ0n) is 7.09. The molecule has 0 aliphatic heterocycles. The minimum atomic E-state index is -3.11. The van der Waals surface area contributed by atoms with Crippen LogP contribution in [0.2, 0.25) is 0 Å². The van der Waals surface area contributed by atoms with Gasteiger partial charge in [-0.05, 0) is 0 Å². The molecule has 0 aliphatic carbocycles. The van der Waals surface area contributed by atoms with Crippen LogP contribution in [0.4, 0.5) is 30.7 Å². The average Bonchev–Trinajstić information content (AvgIpc) is 2.23. The summed E-state index contributed by atoms with van der Waals surface area (Å²) in [6.45, 7) is 0. The second-order valence-electron chi connectivity index (χ2n) is 2.55. The molecule has 1 rings (SSSR count). The number of aromatic hydroxyl groups is 1. The number of hydrogen-bond acceptors (Lipinski definition) is 1. The summed E-state index contributed by atoms with van der Waals surface area (Å²) < 4.78 is 86.3. The van der Waals surface area contributed by atoms with Gasteiger partial charge in [0.1, 0.15) is 0 Å². The summed E-state index contributed by atoms with van der Waals surface area (Å²) in [7, 11) is 0. The standard InChI is InChI=1S/C8HF7O/c9-2-1(3(10)8(14)15)7(16)6(13)5(12)4(2)11/h16H. The molecule has 1 aromatic rings. The Hall–Kier alpha value is -1.73. The van der Waals surface area contributed by atoms with Gasteiger partial charge < -0.3 is 5.11 Å². The molecule has 0 atom stereocenters. The van der Waals surface area contributed by atoms with Gasteiger partial charge in [-0.1, -0.05) is 0 Å². The molecule has 1 nitrogen and oxygen atoms in total. The number of phenols is 1. The summed E-state index contributed by atoms with van der Waals surface area (Å²) in [5.74, 6) is -14.5. The van der Waals surface area contributed by atoms with Crippen molar-refractivity contribution >= 4 is 5.83 Å². The molecular formula is C8HF7O. The first-order chi connectivity index (χ1) is 7.29. The van der Waals surface area contributed by atoms with Gasteiger partial charge in [-0.25, -0.2) is 17.6 Å². The molecule has 0 saturated heterocycles. The molecule has 0 fully saturated rings. The van der Waals surface area contributed by atoms with E-state index < -0.39 is 46.5 Å². The second-order valence-corrected chi connectivity index (χ2v) is 2.55. The number of hydrogen-bond donors (Lipinski definition) is 1. The molecule has 16 heavy (non-hydrogen) atoms. The molecule has 1 N–H and O–H groups in total. The van der Waals surface area contributed by atoms with Crippen molar-refractivity contribution in [3.8, 4) is 5.75 Å². The first-order valence-electron chi connectivity index (χ1n) is 3.55. The Kier molecular flexibility index (Phi) is 3.11. The van der Waals surface area contributed by atoms with Crippen molar-refractivity contribution in [1.29, 1.82) is 0 Å². The summed E-state index contributed by atoms with van der Waals surface area (Å²) in [4.78, 5) is 0. The van der Waals surface area contributed by atoms with Gasteiger partial charge in [-0.2, -0.15) is 13.2 Å². The van der Waals surface area contributed by atoms with Crippen LogP contribution in [-0.2, 0) is 0 Å². The van der Waals surface area contributed by atoms with Crippen LogP contribution in [0, 0.1) is 23.3 Å². The van der Waals surface area contributed by atoms with Crippen LogP contribution in [0.15, 0.2) is 6.08 Å². The van der Waals surface area contributed by atoms with E-state index in [1.807, 2.05) is 0 Å². The molecule has 88 valence electrons. The van der Waals surface area contributed by atoms with Crippen LogP contribution in [0.5, 0.6) is 5.75 Å². The number of rotatable bonds is 1.